The summed E-state index contributed by atoms with van der Waals surface area (Å²) in [5.74, 6) is -0.293. The molecule has 0 aliphatic carbocycles. The number of hydrogen-bond donors (Lipinski definition) is 1. The van der Waals surface area contributed by atoms with E-state index < -0.39 is 23.4 Å². The summed E-state index contributed by atoms with van der Waals surface area (Å²) in [6.07, 6.45) is -4.05. The third-order valence-electron chi connectivity index (χ3n) is 4.58. The average Bonchev–Trinajstić information content (AvgIpc) is 3.04. The highest BCUT2D eigenvalue weighted by atomic mass is 32.1. The molecule has 1 aromatic carbocycles. The maximum absolute atomic E-state index is 13.9. The maximum Gasteiger partial charge on any atom is 0.419 e. The minimum absolute atomic E-state index is 0.0918. The van der Waals surface area contributed by atoms with E-state index in [9.17, 15) is 18.0 Å². The number of hydrogen-bond acceptors (Lipinski definition) is 7. The average molecular weight is 469 g/mol. The van der Waals surface area contributed by atoms with E-state index in [1.165, 1.54) is 29.8 Å². The van der Waals surface area contributed by atoms with Gasteiger partial charge in [0.25, 0.3) is 0 Å². The molecule has 0 aliphatic rings. The van der Waals surface area contributed by atoms with E-state index in [4.69, 9.17) is 15.2 Å². The Kier molecular flexibility index (Phi) is 6.59. The van der Waals surface area contributed by atoms with Crippen molar-refractivity contribution in [3.8, 4) is 17.0 Å². The van der Waals surface area contributed by atoms with Crippen molar-refractivity contribution in [3.63, 3.8) is 0 Å². The molecular formula is C21H23F3N4O3S. The van der Waals surface area contributed by atoms with Crippen molar-refractivity contribution in [2.75, 3.05) is 6.61 Å². The molecule has 2 N–H and O–H groups in total. The predicted octanol–water partition coefficient (Wildman–Crippen LogP) is 5.36. The monoisotopic (exact) mass is 468 g/mol. The van der Waals surface area contributed by atoms with Crippen LogP contribution in [0.3, 0.4) is 0 Å². The highest BCUT2D eigenvalue weighted by Crippen LogP contribution is 2.40. The fourth-order valence-electron chi connectivity index (χ4n) is 3.56. The van der Waals surface area contributed by atoms with Crippen LogP contribution >= 0.6 is 11.3 Å². The second kappa shape index (κ2) is 8.89. The lowest BCUT2D eigenvalue weighted by atomic mass is 9.95. The molecule has 0 fully saturated rings. The van der Waals surface area contributed by atoms with Crippen molar-refractivity contribution in [2.24, 2.45) is 11.7 Å². The van der Waals surface area contributed by atoms with Crippen LogP contribution < -0.4 is 10.5 Å². The molecule has 3 rings (SSSR count). The molecule has 0 spiro atoms. The zero-order chi connectivity index (χ0) is 23.7. The van der Waals surface area contributed by atoms with Crippen molar-refractivity contribution >= 4 is 27.8 Å². The van der Waals surface area contributed by atoms with E-state index in [-0.39, 0.29) is 23.8 Å². The first kappa shape index (κ1) is 23.7. The molecule has 1 unspecified atom stereocenters. The lowest BCUT2D eigenvalue weighted by molar-refractivity contribution is -0.139. The molecule has 0 saturated heterocycles. The number of benzene rings is 1. The Bertz CT molecular complexity index is 1130. The molecule has 172 valence electrons. The minimum atomic E-state index is -4.69. The quantitative estimate of drug-likeness (QED) is 0.501. The van der Waals surface area contributed by atoms with E-state index in [1.807, 2.05) is 13.8 Å². The Morgan fingerprint density at radius 2 is 1.97 bits per heavy atom. The number of nitrogens with zero attached hydrogens (tertiary/aromatic N) is 3. The summed E-state index contributed by atoms with van der Waals surface area (Å²) in [5, 5.41) is 0.733. The van der Waals surface area contributed by atoms with E-state index in [0.717, 1.165) is 11.1 Å². The topological polar surface area (TPSA) is 100 Å². The highest BCUT2D eigenvalue weighted by Gasteiger charge is 2.37. The smallest absolute Gasteiger partial charge is 0.419 e. The van der Waals surface area contributed by atoms with E-state index in [0.29, 0.717) is 22.5 Å². The van der Waals surface area contributed by atoms with E-state index in [1.54, 1.807) is 13.8 Å². The molecule has 0 bridgehead atoms. The van der Waals surface area contributed by atoms with Gasteiger partial charge in [0.2, 0.25) is 0 Å². The van der Waals surface area contributed by atoms with Gasteiger partial charge in [-0.15, -0.1) is 0 Å². The van der Waals surface area contributed by atoms with Crippen molar-refractivity contribution in [3.05, 3.63) is 35.1 Å². The number of carbonyl (C=O) groups excluding carboxylic acids is 1. The van der Waals surface area contributed by atoms with Crippen LogP contribution in [0, 0.1) is 12.8 Å². The third kappa shape index (κ3) is 5.45. The van der Waals surface area contributed by atoms with Gasteiger partial charge in [-0.25, -0.2) is 19.7 Å². The number of primary amides is 1. The summed E-state index contributed by atoms with van der Waals surface area (Å²) >= 11 is 1.33. The maximum atomic E-state index is 13.9. The minimum Gasteiger partial charge on any atom is -0.489 e. The number of rotatable bonds is 7. The van der Waals surface area contributed by atoms with Crippen LogP contribution in [0.5, 0.6) is 5.75 Å². The zero-order valence-electron chi connectivity index (χ0n) is 18.0. The van der Waals surface area contributed by atoms with Crippen LogP contribution in [-0.4, -0.2) is 33.3 Å². The number of carbonyl (C=O) groups is 1. The molecule has 2 heterocycles. The Balaban J connectivity index is 1.98. The van der Waals surface area contributed by atoms with Gasteiger partial charge in [0.15, 0.2) is 0 Å². The standard InChI is InChI=1S/C21H23F3N4O3S/c1-11(2)8-20(4,31-19(25)29)9-30-15-6-5-13(7-14(15)21(22,23)24)16-17-18(27-10-26-16)32-12(3)28-17/h5-7,10-11H,8-9H2,1-4H3,(H2,25,29). The summed E-state index contributed by atoms with van der Waals surface area (Å²) in [4.78, 5) is 24.5. The molecule has 0 aliphatic heterocycles. The van der Waals surface area contributed by atoms with Gasteiger partial charge in [0.1, 0.15) is 40.3 Å². The summed E-state index contributed by atoms with van der Waals surface area (Å²) in [7, 11) is 0. The Hall–Kier alpha value is -2.95. The van der Waals surface area contributed by atoms with Crippen molar-refractivity contribution in [2.45, 2.75) is 45.9 Å². The third-order valence-corrected chi connectivity index (χ3v) is 5.46. The molecule has 3 aromatic rings. The van der Waals surface area contributed by atoms with E-state index >= 15 is 0 Å². The van der Waals surface area contributed by atoms with Gasteiger partial charge < -0.3 is 15.2 Å². The summed E-state index contributed by atoms with van der Waals surface area (Å²) in [6, 6.07) is 3.68. The number of alkyl halides is 3. The number of aryl methyl sites for hydroxylation is 1. The summed E-state index contributed by atoms with van der Waals surface area (Å²) < 4.78 is 52.3. The van der Waals surface area contributed by atoms with Gasteiger partial charge in [-0.3, -0.25) is 0 Å². The van der Waals surface area contributed by atoms with Gasteiger partial charge >= 0.3 is 12.3 Å². The van der Waals surface area contributed by atoms with Crippen LogP contribution in [-0.2, 0) is 10.9 Å². The fraction of sp³-hybridized carbons (Fsp3) is 0.429. The van der Waals surface area contributed by atoms with Gasteiger partial charge in [0.05, 0.1) is 10.6 Å². The van der Waals surface area contributed by atoms with Gasteiger partial charge in [-0.05, 0) is 44.4 Å². The normalized spacial score (nSPS) is 13.9. The molecular weight excluding hydrogens is 445 g/mol. The van der Waals surface area contributed by atoms with Gasteiger partial charge in [0, 0.05) is 5.56 Å². The number of ether oxygens (including phenoxy) is 2. The lowest BCUT2D eigenvalue weighted by Gasteiger charge is -2.30. The molecule has 1 atom stereocenters. The van der Waals surface area contributed by atoms with Crippen LogP contribution in [0.15, 0.2) is 24.5 Å². The van der Waals surface area contributed by atoms with Crippen LogP contribution in [0.25, 0.3) is 21.6 Å². The van der Waals surface area contributed by atoms with Crippen molar-refractivity contribution in [1.29, 1.82) is 0 Å². The Morgan fingerprint density at radius 3 is 2.59 bits per heavy atom. The van der Waals surface area contributed by atoms with Crippen LogP contribution in [0.1, 0.15) is 37.8 Å². The van der Waals surface area contributed by atoms with Crippen LogP contribution in [0.2, 0.25) is 0 Å². The predicted molar refractivity (Wildman–Crippen MR) is 114 cm³/mol. The number of fused-ring (bicyclic) bond motifs is 1. The zero-order valence-corrected chi connectivity index (χ0v) is 18.8. The van der Waals surface area contributed by atoms with Crippen LogP contribution in [0.4, 0.5) is 18.0 Å². The van der Waals surface area contributed by atoms with Crippen molar-refractivity contribution < 1.29 is 27.4 Å². The summed E-state index contributed by atoms with van der Waals surface area (Å²) in [6.45, 7) is 6.85. The van der Waals surface area contributed by atoms with Gasteiger partial charge in [-0.1, -0.05) is 25.2 Å². The fourth-order valence-corrected chi connectivity index (χ4v) is 4.32. The highest BCUT2D eigenvalue weighted by molar-refractivity contribution is 7.18. The second-order valence-electron chi connectivity index (χ2n) is 8.08. The molecule has 2 aromatic heterocycles. The molecule has 11 heteroatoms. The first-order valence-corrected chi connectivity index (χ1v) is 10.6. The first-order valence-electron chi connectivity index (χ1n) is 9.79. The molecule has 32 heavy (non-hydrogen) atoms. The molecule has 7 nitrogen and oxygen atoms in total. The number of nitrogens with two attached hydrogens (primary N) is 1. The molecule has 0 saturated carbocycles. The number of thiazole rings is 1. The number of amides is 1. The molecule has 1 amide bonds. The lowest BCUT2D eigenvalue weighted by Crippen LogP contribution is -2.41. The van der Waals surface area contributed by atoms with Crippen molar-refractivity contribution in [1.82, 2.24) is 15.0 Å². The Labute approximate surface area is 186 Å². The largest absolute Gasteiger partial charge is 0.489 e. The number of aromatic nitrogens is 3. The summed E-state index contributed by atoms with van der Waals surface area (Å²) in [5.41, 5.74) is 3.97. The molecule has 0 radical (unpaired) electrons. The van der Waals surface area contributed by atoms with Gasteiger partial charge in [-0.2, -0.15) is 13.2 Å². The Morgan fingerprint density at radius 1 is 1.25 bits per heavy atom. The SMILES string of the molecule is Cc1nc2c(-c3ccc(OCC(C)(CC(C)C)OC(N)=O)c(C(F)(F)F)c3)ncnc2s1. The second-order valence-corrected chi connectivity index (χ2v) is 9.26. The number of halogens is 3. The van der Waals surface area contributed by atoms with E-state index in [2.05, 4.69) is 15.0 Å². The first-order chi connectivity index (χ1) is 14.9.